The second kappa shape index (κ2) is 7.31. The van der Waals surface area contributed by atoms with Crippen molar-refractivity contribution in [3.8, 4) is 11.3 Å². The van der Waals surface area contributed by atoms with Crippen LogP contribution in [0.4, 0.5) is 18.9 Å². The van der Waals surface area contributed by atoms with Gasteiger partial charge < -0.3 is 9.40 Å². The molecule has 2 aromatic heterocycles. The molecule has 0 spiro atoms. The lowest BCUT2D eigenvalue weighted by molar-refractivity contribution is -0.384. The monoisotopic (exact) mass is 411 g/mol. The highest BCUT2D eigenvalue weighted by molar-refractivity contribution is 6.32. The molecule has 1 N–H and O–H groups in total. The largest absolute Gasteiger partial charge is 0.457 e. The van der Waals surface area contributed by atoms with Crippen molar-refractivity contribution in [1.29, 1.82) is 0 Å². The van der Waals surface area contributed by atoms with Crippen LogP contribution in [0.5, 0.6) is 0 Å². The molecule has 11 heteroatoms. The van der Waals surface area contributed by atoms with Gasteiger partial charge >= 0.3 is 11.9 Å². The van der Waals surface area contributed by atoms with Gasteiger partial charge in [0.15, 0.2) is 0 Å². The SMILES string of the molecule is O=c1nc(C=Cc2ccc(-c3ccc(Cl)c([N+](=O)[O-])c3)o2)cc(C(F)(F)F)[nH]1. The Bertz CT molecular complexity index is 1140. The Morgan fingerprint density at radius 3 is 2.61 bits per heavy atom. The zero-order chi connectivity index (χ0) is 20.5. The van der Waals surface area contributed by atoms with Crippen molar-refractivity contribution in [2.24, 2.45) is 0 Å². The fourth-order valence-electron chi connectivity index (χ4n) is 2.29. The van der Waals surface area contributed by atoms with E-state index >= 15 is 0 Å². The maximum atomic E-state index is 12.7. The molecule has 2 heterocycles. The van der Waals surface area contributed by atoms with Gasteiger partial charge in [0.2, 0.25) is 0 Å². The van der Waals surface area contributed by atoms with Gasteiger partial charge in [0, 0.05) is 11.6 Å². The van der Waals surface area contributed by atoms with Crippen molar-refractivity contribution in [3.63, 3.8) is 0 Å². The Hall–Kier alpha value is -3.40. The molecule has 0 aliphatic rings. The summed E-state index contributed by atoms with van der Waals surface area (Å²) in [6, 6.07) is 7.83. The van der Waals surface area contributed by atoms with Crippen LogP contribution in [0.15, 0.2) is 45.6 Å². The summed E-state index contributed by atoms with van der Waals surface area (Å²) in [5.74, 6) is 0.525. The zero-order valence-electron chi connectivity index (χ0n) is 13.7. The van der Waals surface area contributed by atoms with Crippen molar-refractivity contribution in [2.75, 3.05) is 0 Å². The Balaban J connectivity index is 1.88. The van der Waals surface area contributed by atoms with Crippen LogP contribution in [0.3, 0.4) is 0 Å². The molecular formula is C17H9ClF3N3O4. The van der Waals surface area contributed by atoms with Gasteiger partial charge in [-0.3, -0.25) is 10.1 Å². The number of alkyl halides is 3. The predicted octanol–water partition coefficient (Wildman–Crippen LogP) is 4.78. The number of hydrogen-bond acceptors (Lipinski definition) is 5. The normalized spacial score (nSPS) is 11.9. The third-order valence-corrected chi connectivity index (χ3v) is 3.86. The molecule has 0 aliphatic heterocycles. The number of benzene rings is 1. The molecule has 3 rings (SSSR count). The molecule has 3 aromatic rings. The van der Waals surface area contributed by atoms with Gasteiger partial charge in [-0.15, -0.1) is 0 Å². The number of aromatic amines is 1. The average molecular weight is 412 g/mol. The summed E-state index contributed by atoms with van der Waals surface area (Å²) < 4.78 is 43.7. The molecule has 0 saturated carbocycles. The summed E-state index contributed by atoms with van der Waals surface area (Å²) in [5.41, 5.74) is -2.47. The third-order valence-electron chi connectivity index (χ3n) is 3.54. The number of aromatic nitrogens is 2. The van der Waals surface area contributed by atoms with Crippen molar-refractivity contribution in [3.05, 3.63) is 79.2 Å². The fourth-order valence-corrected chi connectivity index (χ4v) is 2.47. The number of rotatable bonds is 4. The second-order valence-corrected chi connectivity index (χ2v) is 5.89. The molecule has 7 nitrogen and oxygen atoms in total. The van der Waals surface area contributed by atoms with Gasteiger partial charge in [-0.2, -0.15) is 18.2 Å². The molecule has 144 valence electrons. The Morgan fingerprint density at radius 1 is 1.18 bits per heavy atom. The van der Waals surface area contributed by atoms with Crippen LogP contribution in [0.25, 0.3) is 23.5 Å². The van der Waals surface area contributed by atoms with Gasteiger partial charge in [-0.25, -0.2) is 4.79 Å². The third kappa shape index (κ3) is 4.29. The van der Waals surface area contributed by atoms with Gasteiger partial charge in [0.25, 0.3) is 5.69 Å². The predicted molar refractivity (Wildman–Crippen MR) is 94.6 cm³/mol. The minimum Gasteiger partial charge on any atom is -0.457 e. The van der Waals surface area contributed by atoms with E-state index < -0.39 is 22.5 Å². The first-order valence-corrected chi connectivity index (χ1v) is 7.92. The number of nitro benzene ring substituents is 1. The molecule has 28 heavy (non-hydrogen) atoms. The molecule has 0 unspecified atom stereocenters. The lowest BCUT2D eigenvalue weighted by atomic mass is 10.1. The summed E-state index contributed by atoms with van der Waals surface area (Å²) in [6.07, 6.45) is -2.22. The van der Waals surface area contributed by atoms with E-state index in [1.54, 1.807) is 4.98 Å². The summed E-state index contributed by atoms with van der Waals surface area (Å²) >= 11 is 5.76. The molecule has 0 radical (unpaired) electrons. The first-order chi connectivity index (χ1) is 13.1. The van der Waals surface area contributed by atoms with E-state index in [4.69, 9.17) is 16.0 Å². The van der Waals surface area contributed by atoms with Crippen molar-refractivity contribution >= 4 is 29.4 Å². The average Bonchev–Trinajstić information content (AvgIpc) is 3.08. The van der Waals surface area contributed by atoms with E-state index in [1.165, 1.54) is 42.5 Å². The number of nitro groups is 1. The fraction of sp³-hybridized carbons (Fsp3) is 0.0588. The molecule has 0 bridgehead atoms. The highest BCUT2D eigenvalue weighted by Crippen LogP contribution is 2.31. The number of furan rings is 1. The van der Waals surface area contributed by atoms with Gasteiger partial charge in [0.1, 0.15) is 22.2 Å². The minimum absolute atomic E-state index is 0.0266. The van der Waals surface area contributed by atoms with E-state index in [9.17, 15) is 28.1 Å². The van der Waals surface area contributed by atoms with Crippen LogP contribution >= 0.6 is 11.6 Å². The van der Waals surface area contributed by atoms with Crippen molar-refractivity contribution in [1.82, 2.24) is 9.97 Å². The van der Waals surface area contributed by atoms with Crippen LogP contribution in [-0.2, 0) is 6.18 Å². The van der Waals surface area contributed by atoms with Gasteiger partial charge in [-0.1, -0.05) is 11.6 Å². The number of H-pyrrole nitrogens is 1. The van der Waals surface area contributed by atoms with E-state index in [1.807, 2.05) is 0 Å². The highest BCUT2D eigenvalue weighted by atomic mass is 35.5. The van der Waals surface area contributed by atoms with Gasteiger partial charge in [0.05, 0.1) is 10.6 Å². The van der Waals surface area contributed by atoms with Crippen LogP contribution in [-0.4, -0.2) is 14.9 Å². The summed E-state index contributed by atoms with van der Waals surface area (Å²) in [7, 11) is 0. The summed E-state index contributed by atoms with van der Waals surface area (Å²) in [5, 5.41) is 10.9. The first kappa shape index (κ1) is 19.4. The van der Waals surface area contributed by atoms with Crippen molar-refractivity contribution in [2.45, 2.75) is 6.18 Å². The van der Waals surface area contributed by atoms with E-state index in [2.05, 4.69) is 4.98 Å². The maximum Gasteiger partial charge on any atom is 0.431 e. The number of nitrogens with zero attached hydrogens (tertiary/aromatic N) is 2. The number of nitrogens with one attached hydrogen (secondary N) is 1. The van der Waals surface area contributed by atoms with Crippen LogP contribution < -0.4 is 5.69 Å². The first-order valence-electron chi connectivity index (χ1n) is 7.54. The van der Waals surface area contributed by atoms with E-state index in [0.29, 0.717) is 11.6 Å². The second-order valence-electron chi connectivity index (χ2n) is 5.48. The molecule has 0 aliphatic carbocycles. The Morgan fingerprint density at radius 2 is 1.93 bits per heavy atom. The molecule has 0 atom stereocenters. The summed E-state index contributed by atoms with van der Waals surface area (Å²) in [6.45, 7) is 0. The van der Waals surface area contributed by atoms with E-state index in [-0.39, 0.29) is 27.9 Å². The quantitative estimate of drug-likeness (QED) is 0.491. The van der Waals surface area contributed by atoms with E-state index in [0.717, 1.165) is 0 Å². The zero-order valence-corrected chi connectivity index (χ0v) is 14.4. The Kier molecular flexibility index (Phi) is 5.06. The lowest BCUT2D eigenvalue weighted by Crippen LogP contribution is -2.19. The molecule has 0 amide bonds. The smallest absolute Gasteiger partial charge is 0.431 e. The maximum absolute atomic E-state index is 12.7. The topological polar surface area (TPSA) is 102 Å². The number of hydrogen-bond donors (Lipinski definition) is 1. The van der Waals surface area contributed by atoms with Gasteiger partial charge in [-0.05, 0) is 42.5 Å². The Labute approximate surface area is 159 Å². The molecular weight excluding hydrogens is 403 g/mol. The molecule has 0 fully saturated rings. The van der Waals surface area contributed by atoms with Crippen LogP contribution in [0.1, 0.15) is 17.1 Å². The van der Waals surface area contributed by atoms with Crippen molar-refractivity contribution < 1.29 is 22.5 Å². The highest BCUT2D eigenvalue weighted by Gasteiger charge is 2.32. The van der Waals surface area contributed by atoms with Crippen LogP contribution in [0, 0.1) is 10.1 Å². The number of halogens is 4. The molecule has 0 saturated heterocycles. The summed E-state index contributed by atoms with van der Waals surface area (Å²) in [4.78, 5) is 26.7. The standard InChI is InChI=1S/C17H9ClF3N3O4/c18-12-5-1-9(7-13(12)24(26)27)14-6-4-11(28-14)3-2-10-8-15(17(19,20)21)23-16(25)22-10/h1-8H,(H,22,23,25). The molecule has 1 aromatic carbocycles. The van der Waals surface area contributed by atoms with Crippen LogP contribution in [0.2, 0.25) is 5.02 Å². The minimum atomic E-state index is -4.72. The lowest BCUT2D eigenvalue weighted by Gasteiger charge is -2.05.